The fraction of sp³-hybridized carbons (Fsp3) is 0.653. The van der Waals surface area contributed by atoms with Crippen molar-refractivity contribution in [1.82, 2.24) is 25.3 Å². The molecule has 0 bridgehead atoms. The summed E-state index contributed by atoms with van der Waals surface area (Å²) in [6.07, 6.45) is 1.51. The molecule has 1 aliphatic heterocycles. The number of hydrogen-bond donors (Lipinski definition) is 3. The molecule has 63 heavy (non-hydrogen) atoms. The highest BCUT2D eigenvalue weighted by Gasteiger charge is 2.43. The number of likely N-dealkylation sites (N-methyl/N-ethyl adjacent to an activating group) is 2. The molecule has 14 heteroatoms. The van der Waals surface area contributed by atoms with E-state index in [-0.39, 0.29) is 48.3 Å². The number of benzene rings is 2. The van der Waals surface area contributed by atoms with Crippen LogP contribution in [-0.2, 0) is 46.3 Å². The van der Waals surface area contributed by atoms with Gasteiger partial charge in [0, 0.05) is 60.6 Å². The predicted octanol–water partition coefficient (Wildman–Crippen LogP) is 5.12. The first kappa shape index (κ1) is 52.8. The molecule has 1 saturated heterocycles. The molecule has 2 aromatic rings. The van der Waals surface area contributed by atoms with Crippen LogP contribution in [0.1, 0.15) is 85.3 Å². The van der Waals surface area contributed by atoms with Gasteiger partial charge in [0.1, 0.15) is 12.1 Å². The van der Waals surface area contributed by atoms with Crippen LogP contribution in [0.5, 0.6) is 0 Å². The van der Waals surface area contributed by atoms with E-state index in [1.165, 1.54) is 12.7 Å². The Morgan fingerprint density at radius 2 is 1.46 bits per heavy atom. The average Bonchev–Trinajstić information content (AvgIpc) is 3.74. The number of anilines is 1. The second-order valence-electron chi connectivity index (χ2n) is 18.4. The first-order valence-electron chi connectivity index (χ1n) is 22.7. The number of hydrogen-bond acceptors (Lipinski definition) is 9. The van der Waals surface area contributed by atoms with Crippen molar-refractivity contribution in [2.45, 2.75) is 129 Å². The zero-order valence-corrected chi connectivity index (χ0v) is 40.3. The van der Waals surface area contributed by atoms with Gasteiger partial charge in [0.2, 0.25) is 23.6 Å². The van der Waals surface area contributed by atoms with Crippen LogP contribution in [0.3, 0.4) is 0 Å². The van der Waals surface area contributed by atoms with E-state index < -0.39 is 60.2 Å². The molecule has 4 amide bonds. The Hall–Kier alpha value is -4.53. The van der Waals surface area contributed by atoms with Gasteiger partial charge in [-0.2, -0.15) is 0 Å². The van der Waals surface area contributed by atoms with Crippen molar-refractivity contribution in [1.29, 1.82) is 0 Å². The largest absolute Gasteiger partial charge is 0.480 e. The summed E-state index contributed by atoms with van der Waals surface area (Å²) in [6.45, 7) is 14.8. The first-order valence-corrected chi connectivity index (χ1v) is 22.7. The maximum Gasteiger partial charge on any atom is 0.326 e. The van der Waals surface area contributed by atoms with Gasteiger partial charge in [0.25, 0.3) is 0 Å². The fourth-order valence-electron chi connectivity index (χ4n) is 9.05. The summed E-state index contributed by atoms with van der Waals surface area (Å²) in [5.74, 6) is -3.34. The number of carboxylic acid groups (broad SMARTS) is 1. The van der Waals surface area contributed by atoms with Gasteiger partial charge in [-0.3, -0.25) is 24.1 Å². The summed E-state index contributed by atoms with van der Waals surface area (Å²) in [5.41, 5.74) is 3.08. The number of aliphatic carboxylic acids is 1. The molecule has 0 spiro atoms. The van der Waals surface area contributed by atoms with E-state index in [0.29, 0.717) is 32.4 Å². The fourth-order valence-corrected chi connectivity index (χ4v) is 9.05. The average molecular weight is 879 g/mol. The quantitative estimate of drug-likeness (QED) is 0.122. The normalized spacial score (nSPS) is 18.0. The summed E-state index contributed by atoms with van der Waals surface area (Å²) in [4.78, 5) is 76.3. The molecule has 3 rings (SSSR count). The van der Waals surface area contributed by atoms with Crippen molar-refractivity contribution in [3.63, 3.8) is 0 Å². The molecule has 1 aliphatic rings. The van der Waals surface area contributed by atoms with Crippen LogP contribution >= 0.6 is 0 Å². The van der Waals surface area contributed by atoms with E-state index in [2.05, 4.69) is 44.7 Å². The number of nitrogens with zero attached hydrogens (tertiary/aromatic N) is 4. The van der Waals surface area contributed by atoms with Crippen LogP contribution in [-0.4, -0.2) is 147 Å². The predicted molar refractivity (Wildman–Crippen MR) is 248 cm³/mol. The minimum Gasteiger partial charge on any atom is -0.480 e. The third kappa shape index (κ3) is 14.5. The standard InChI is InChI=1S/C49H78N6O8/c1-14-33(6)44(54(11)48(59)42(31(2)3)51-47(58)43(32(4)5)53(10)28-26-35-22-24-37(25-23-35)52(8)9)40(62-12)30-41(56)55-27-18-21-39(55)45(63-13)34(7)46(57)50-38(49(60)61)29-36-19-16-15-17-20-36/h15-17,19-20,22-25,31-34,38-40,42-45H,14,18,21,26-30H2,1-13H3,(H,50,57)(H,51,58)(H,60,61)/t33-,34?,38-,39-,40+,42-,43-,44-,45+/m0/s1. The van der Waals surface area contributed by atoms with E-state index in [9.17, 15) is 29.1 Å². The Morgan fingerprint density at radius 3 is 1.98 bits per heavy atom. The number of nitrogens with one attached hydrogen (secondary N) is 2. The molecule has 3 N–H and O–H groups in total. The Bertz CT molecular complexity index is 1760. The van der Waals surface area contributed by atoms with Crippen molar-refractivity contribution >= 4 is 35.3 Å². The number of carboxylic acids is 1. The number of likely N-dealkylation sites (tertiary alicyclic amines) is 1. The summed E-state index contributed by atoms with van der Waals surface area (Å²) >= 11 is 0. The van der Waals surface area contributed by atoms with Gasteiger partial charge in [-0.05, 0) is 67.3 Å². The molecule has 1 fully saturated rings. The zero-order chi connectivity index (χ0) is 47.1. The van der Waals surface area contributed by atoms with E-state index in [1.54, 1.807) is 30.9 Å². The summed E-state index contributed by atoms with van der Waals surface area (Å²) in [7, 11) is 10.8. The molecule has 9 atom stereocenters. The molecule has 1 unspecified atom stereocenters. The summed E-state index contributed by atoms with van der Waals surface area (Å²) in [6, 6.07) is 14.2. The van der Waals surface area contributed by atoms with E-state index in [0.717, 1.165) is 17.7 Å². The molecule has 0 saturated carbocycles. The molecule has 0 aromatic heterocycles. The van der Waals surface area contributed by atoms with Gasteiger partial charge in [-0.15, -0.1) is 0 Å². The second-order valence-corrected chi connectivity index (χ2v) is 18.4. The van der Waals surface area contributed by atoms with Crippen LogP contribution in [0.4, 0.5) is 5.69 Å². The third-order valence-electron chi connectivity index (χ3n) is 13.0. The molecule has 2 aromatic carbocycles. The van der Waals surface area contributed by atoms with Gasteiger partial charge in [-0.25, -0.2) is 4.79 Å². The lowest BCUT2D eigenvalue weighted by Gasteiger charge is -2.41. The lowest BCUT2D eigenvalue weighted by molar-refractivity contribution is -0.148. The Kier molecular flexibility index (Phi) is 21.0. The molecule has 1 heterocycles. The number of methoxy groups -OCH3 is 2. The second kappa shape index (κ2) is 25.1. The van der Waals surface area contributed by atoms with E-state index in [1.807, 2.05) is 93.0 Å². The van der Waals surface area contributed by atoms with Crippen LogP contribution in [0.25, 0.3) is 0 Å². The highest BCUT2D eigenvalue weighted by molar-refractivity contribution is 5.90. The Balaban J connectivity index is 1.76. The van der Waals surface area contributed by atoms with Crippen molar-refractivity contribution in [3.05, 3.63) is 65.7 Å². The lowest BCUT2D eigenvalue weighted by atomic mass is 9.89. The maximum atomic E-state index is 14.6. The van der Waals surface area contributed by atoms with Crippen molar-refractivity contribution in [3.8, 4) is 0 Å². The highest BCUT2D eigenvalue weighted by atomic mass is 16.5. The van der Waals surface area contributed by atoms with Gasteiger partial charge in [-0.1, -0.05) is 97.4 Å². The van der Waals surface area contributed by atoms with Crippen molar-refractivity contribution < 1.29 is 38.6 Å². The van der Waals surface area contributed by atoms with Gasteiger partial charge in [0.05, 0.1) is 42.7 Å². The SMILES string of the molecule is CC[C@H](C)[C@@H]([C@@H](CC(=O)N1CCC[C@H]1[C@H](OC)C(C)C(=O)N[C@@H](Cc1ccccc1)C(=O)O)OC)N(C)C(=O)[C@@H](NC(=O)[C@H](C(C)C)N(C)CCc1ccc(N(C)C)cc1)C(C)C. The number of ether oxygens (including phenoxy) is 2. The number of carbonyl (C=O) groups is 5. The Morgan fingerprint density at radius 1 is 0.825 bits per heavy atom. The van der Waals surface area contributed by atoms with E-state index >= 15 is 0 Å². The molecule has 14 nitrogen and oxygen atoms in total. The number of amides is 4. The highest BCUT2D eigenvalue weighted by Crippen LogP contribution is 2.30. The molecule has 0 aliphatic carbocycles. The van der Waals surface area contributed by atoms with Crippen LogP contribution in [0, 0.1) is 23.7 Å². The van der Waals surface area contributed by atoms with Crippen LogP contribution in [0.2, 0.25) is 0 Å². The summed E-state index contributed by atoms with van der Waals surface area (Å²) in [5, 5.41) is 15.8. The minimum absolute atomic E-state index is 0.0192. The van der Waals surface area contributed by atoms with Crippen molar-refractivity contribution in [2.24, 2.45) is 23.7 Å². The Labute approximate surface area is 377 Å². The van der Waals surface area contributed by atoms with E-state index in [4.69, 9.17) is 9.47 Å². The molecule has 0 radical (unpaired) electrons. The molecular formula is C49H78N6O8. The van der Waals surface area contributed by atoms with Gasteiger partial charge >= 0.3 is 5.97 Å². The number of carbonyl (C=O) groups excluding carboxylic acids is 4. The third-order valence-corrected chi connectivity index (χ3v) is 13.0. The van der Waals surface area contributed by atoms with Gasteiger partial charge < -0.3 is 39.9 Å². The summed E-state index contributed by atoms with van der Waals surface area (Å²) < 4.78 is 12.0. The first-order chi connectivity index (χ1) is 29.8. The monoisotopic (exact) mass is 879 g/mol. The number of rotatable bonds is 25. The smallest absolute Gasteiger partial charge is 0.326 e. The lowest BCUT2D eigenvalue weighted by Crippen LogP contribution is -2.60. The molecule has 352 valence electrons. The van der Waals surface area contributed by atoms with Crippen molar-refractivity contribution in [2.75, 3.05) is 60.4 Å². The van der Waals surface area contributed by atoms with Crippen LogP contribution < -0.4 is 15.5 Å². The molecular weight excluding hydrogens is 801 g/mol. The maximum absolute atomic E-state index is 14.6. The zero-order valence-electron chi connectivity index (χ0n) is 40.3. The topological polar surface area (TPSA) is 161 Å². The van der Waals surface area contributed by atoms with Gasteiger partial charge in [0.15, 0.2) is 0 Å². The van der Waals surface area contributed by atoms with Crippen LogP contribution in [0.15, 0.2) is 54.6 Å². The minimum atomic E-state index is -1.14.